The minimum atomic E-state index is -0.532. The highest BCUT2D eigenvalue weighted by Crippen LogP contribution is 2.34. The maximum atomic E-state index is 11.1. The van der Waals surface area contributed by atoms with E-state index in [1.165, 1.54) is 0 Å². The van der Waals surface area contributed by atoms with Gasteiger partial charge in [-0.1, -0.05) is 0 Å². The lowest BCUT2D eigenvalue weighted by atomic mass is 10.2. The maximum Gasteiger partial charge on any atom is 0.253 e. The van der Waals surface area contributed by atoms with Crippen LogP contribution in [0.1, 0.15) is 24.2 Å². The highest BCUT2D eigenvalue weighted by Gasteiger charge is 2.14. The van der Waals surface area contributed by atoms with E-state index in [1.807, 2.05) is 13.8 Å². The maximum absolute atomic E-state index is 11.1. The van der Waals surface area contributed by atoms with Crippen LogP contribution in [0.15, 0.2) is 16.6 Å². The average Bonchev–Trinajstić information content (AvgIpc) is 2.22. The second-order valence-corrected chi connectivity index (χ2v) is 4.12. The van der Waals surface area contributed by atoms with Gasteiger partial charge in [0.15, 0.2) is 11.5 Å². The molecule has 0 aromatic heterocycles. The molecule has 0 atom stereocenters. The van der Waals surface area contributed by atoms with E-state index in [0.29, 0.717) is 34.7 Å². The molecule has 0 heterocycles. The molecule has 0 radical (unpaired) electrons. The zero-order valence-electron chi connectivity index (χ0n) is 9.05. The molecule has 1 aromatic rings. The van der Waals surface area contributed by atoms with Gasteiger partial charge in [0.2, 0.25) is 0 Å². The van der Waals surface area contributed by atoms with Crippen molar-refractivity contribution < 1.29 is 14.3 Å². The third-order valence-electron chi connectivity index (χ3n) is 1.84. The van der Waals surface area contributed by atoms with Gasteiger partial charge in [0.25, 0.3) is 5.24 Å². The zero-order valence-corrected chi connectivity index (χ0v) is 11.4. The summed E-state index contributed by atoms with van der Waals surface area (Å²) in [6, 6.07) is 3.26. The van der Waals surface area contributed by atoms with Gasteiger partial charge in [-0.3, -0.25) is 4.79 Å². The summed E-state index contributed by atoms with van der Waals surface area (Å²) in [6.45, 7) is 4.77. The molecule has 0 amide bonds. The van der Waals surface area contributed by atoms with Crippen LogP contribution in [0.25, 0.3) is 0 Å². The van der Waals surface area contributed by atoms with Crippen molar-refractivity contribution >= 4 is 32.8 Å². The number of rotatable bonds is 5. The van der Waals surface area contributed by atoms with Crippen LogP contribution in [0.5, 0.6) is 11.5 Å². The minimum Gasteiger partial charge on any atom is -0.490 e. The molecule has 5 heteroatoms. The predicted molar refractivity (Wildman–Crippen MR) is 66.7 cm³/mol. The normalized spacial score (nSPS) is 10.0. The number of hydrogen-bond acceptors (Lipinski definition) is 3. The van der Waals surface area contributed by atoms with Crippen molar-refractivity contribution in [3.8, 4) is 11.5 Å². The Morgan fingerprint density at radius 2 is 1.75 bits per heavy atom. The van der Waals surface area contributed by atoms with E-state index in [-0.39, 0.29) is 0 Å². The molecule has 0 unspecified atom stereocenters. The van der Waals surface area contributed by atoms with Gasteiger partial charge < -0.3 is 9.47 Å². The van der Waals surface area contributed by atoms with Gasteiger partial charge in [-0.05, 0) is 53.5 Å². The lowest BCUT2D eigenvalue weighted by molar-refractivity contribution is 0.108. The molecular weight excluding hydrogens is 295 g/mol. The Hall–Kier alpha value is -0.740. The molecule has 0 aliphatic carbocycles. The molecule has 16 heavy (non-hydrogen) atoms. The standard InChI is InChI=1S/C11H12BrClO3/c1-3-15-9-5-7(11(13)14)8(12)6-10(9)16-4-2/h5-6H,3-4H2,1-2H3. The Morgan fingerprint density at radius 1 is 1.25 bits per heavy atom. The predicted octanol–water partition coefficient (Wildman–Crippen LogP) is 3.63. The van der Waals surface area contributed by atoms with Gasteiger partial charge in [-0.2, -0.15) is 0 Å². The lowest BCUT2D eigenvalue weighted by Gasteiger charge is -2.12. The van der Waals surface area contributed by atoms with Crippen LogP contribution in [0.3, 0.4) is 0 Å². The van der Waals surface area contributed by atoms with Crippen molar-refractivity contribution in [2.75, 3.05) is 13.2 Å². The second kappa shape index (κ2) is 6.11. The fraction of sp³-hybridized carbons (Fsp3) is 0.364. The van der Waals surface area contributed by atoms with E-state index in [0.717, 1.165) is 0 Å². The van der Waals surface area contributed by atoms with Crippen molar-refractivity contribution in [1.82, 2.24) is 0 Å². The zero-order chi connectivity index (χ0) is 12.1. The summed E-state index contributed by atoms with van der Waals surface area (Å²) in [7, 11) is 0. The lowest BCUT2D eigenvalue weighted by Crippen LogP contribution is -2.01. The van der Waals surface area contributed by atoms with Crippen molar-refractivity contribution in [2.24, 2.45) is 0 Å². The third-order valence-corrected chi connectivity index (χ3v) is 2.70. The molecule has 0 spiro atoms. The van der Waals surface area contributed by atoms with Gasteiger partial charge >= 0.3 is 0 Å². The van der Waals surface area contributed by atoms with Gasteiger partial charge in [-0.15, -0.1) is 0 Å². The van der Waals surface area contributed by atoms with Crippen LogP contribution in [0.2, 0.25) is 0 Å². The van der Waals surface area contributed by atoms with Crippen LogP contribution in [0.4, 0.5) is 0 Å². The first-order chi connectivity index (χ1) is 7.60. The van der Waals surface area contributed by atoms with E-state index in [9.17, 15) is 4.79 Å². The summed E-state index contributed by atoms with van der Waals surface area (Å²) in [5.41, 5.74) is 0.369. The number of carbonyl (C=O) groups is 1. The molecule has 0 fully saturated rings. The van der Waals surface area contributed by atoms with Gasteiger partial charge in [0, 0.05) is 4.47 Å². The summed E-state index contributed by atoms with van der Waals surface area (Å²) in [5, 5.41) is -0.532. The first-order valence-electron chi connectivity index (χ1n) is 4.89. The highest BCUT2D eigenvalue weighted by atomic mass is 79.9. The van der Waals surface area contributed by atoms with Gasteiger partial charge in [0.05, 0.1) is 18.8 Å². The third kappa shape index (κ3) is 3.12. The SMILES string of the molecule is CCOc1cc(Br)c(C(=O)Cl)cc1OCC. The quantitative estimate of drug-likeness (QED) is 0.779. The van der Waals surface area contributed by atoms with Crippen LogP contribution >= 0.6 is 27.5 Å². The molecule has 1 aromatic carbocycles. The van der Waals surface area contributed by atoms with Crippen LogP contribution in [-0.4, -0.2) is 18.5 Å². The van der Waals surface area contributed by atoms with Crippen LogP contribution in [-0.2, 0) is 0 Å². The fourth-order valence-electron chi connectivity index (χ4n) is 1.22. The number of ether oxygens (including phenoxy) is 2. The minimum absolute atomic E-state index is 0.369. The van der Waals surface area contributed by atoms with E-state index in [4.69, 9.17) is 21.1 Å². The monoisotopic (exact) mass is 306 g/mol. The Morgan fingerprint density at radius 3 is 2.19 bits per heavy atom. The summed E-state index contributed by atoms with van der Waals surface area (Å²) in [5.74, 6) is 1.12. The number of carbonyl (C=O) groups excluding carboxylic acids is 1. The first-order valence-corrected chi connectivity index (χ1v) is 6.06. The molecule has 0 aliphatic heterocycles. The fourth-order valence-corrected chi connectivity index (χ4v) is 2.00. The Balaban J connectivity index is 3.19. The summed E-state index contributed by atoms with van der Waals surface area (Å²) in [6.07, 6.45) is 0. The molecule has 1 rings (SSSR count). The molecule has 0 saturated carbocycles. The topological polar surface area (TPSA) is 35.5 Å². The molecule has 0 N–H and O–H groups in total. The van der Waals surface area contributed by atoms with Crippen LogP contribution in [0, 0.1) is 0 Å². The van der Waals surface area contributed by atoms with Gasteiger partial charge in [-0.25, -0.2) is 0 Å². The van der Waals surface area contributed by atoms with E-state index in [1.54, 1.807) is 12.1 Å². The average molecular weight is 308 g/mol. The molecular formula is C11H12BrClO3. The Kier molecular flexibility index (Phi) is 5.09. The van der Waals surface area contributed by atoms with Crippen LogP contribution < -0.4 is 9.47 Å². The van der Waals surface area contributed by atoms with Crippen molar-refractivity contribution in [3.63, 3.8) is 0 Å². The van der Waals surface area contributed by atoms with E-state index >= 15 is 0 Å². The molecule has 0 saturated heterocycles. The van der Waals surface area contributed by atoms with E-state index < -0.39 is 5.24 Å². The summed E-state index contributed by atoms with van der Waals surface area (Å²) in [4.78, 5) is 11.1. The van der Waals surface area contributed by atoms with Crippen molar-refractivity contribution in [2.45, 2.75) is 13.8 Å². The number of benzene rings is 1. The molecule has 0 aliphatic rings. The van der Waals surface area contributed by atoms with E-state index in [2.05, 4.69) is 15.9 Å². The van der Waals surface area contributed by atoms with Crippen molar-refractivity contribution in [3.05, 3.63) is 22.2 Å². The molecule has 3 nitrogen and oxygen atoms in total. The largest absolute Gasteiger partial charge is 0.490 e. The Bertz CT molecular complexity index is 393. The summed E-state index contributed by atoms with van der Waals surface area (Å²) < 4.78 is 11.4. The molecule has 88 valence electrons. The number of halogens is 2. The van der Waals surface area contributed by atoms with Crippen molar-refractivity contribution in [1.29, 1.82) is 0 Å². The number of hydrogen-bond donors (Lipinski definition) is 0. The summed E-state index contributed by atoms with van der Waals surface area (Å²) >= 11 is 8.71. The highest BCUT2D eigenvalue weighted by molar-refractivity contribution is 9.10. The smallest absolute Gasteiger partial charge is 0.253 e. The molecule has 0 bridgehead atoms. The Labute approximate surface area is 108 Å². The first kappa shape index (κ1) is 13.3. The van der Waals surface area contributed by atoms with Gasteiger partial charge in [0.1, 0.15) is 0 Å². The second-order valence-electron chi connectivity index (χ2n) is 2.92.